The van der Waals surface area contributed by atoms with Crippen molar-refractivity contribution in [1.82, 2.24) is 25.1 Å². The van der Waals surface area contributed by atoms with Gasteiger partial charge in [-0.2, -0.15) is 5.10 Å². The lowest BCUT2D eigenvalue weighted by Gasteiger charge is -2.17. The summed E-state index contributed by atoms with van der Waals surface area (Å²) in [4.78, 5) is 8.85. The first-order chi connectivity index (χ1) is 9.69. The molecular formula is C15H23N5. The maximum atomic E-state index is 4.50. The number of nitrogens with one attached hydrogen (secondary N) is 1. The van der Waals surface area contributed by atoms with Gasteiger partial charge in [0.15, 0.2) is 0 Å². The summed E-state index contributed by atoms with van der Waals surface area (Å²) in [5.74, 6) is 0. The number of rotatable bonds is 7. The highest BCUT2D eigenvalue weighted by Crippen LogP contribution is 2.17. The fourth-order valence-corrected chi connectivity index (χ4v) is 2.17. The van der Waals surface area contributed by atoms with Crippen LogP contribution in [-0.2, 0) is 13.5 Å². The first-order valence-electron chi connectivity index (χ1n) is 7.18. The third-order valence-corrected chi connectivity index (χ3v) is 3.28. The summed E-state index contributed by atoms with van der Waals surface area (Å²) >= 11 is 0. The van der Waals surface area contributed by atoms with Crippen molar-refractivity contribution in [2.24, 2.45) is 7.05 Å². The highest BCUT2D eigenvalue weighted by Gasteiger charge is 2.13. The van der Waals surface area contributed by atoms with Gasteiger partial charge in [0.2, 0.25) is 0 Å². The predicted octanol–water partition coefficient (Wildman–Crippen LogP) is 2.19. The summed E-state index contributed by atoms with van der Waals surface area (Å²) in [7, 11) is 1.95. The Morgan fingerprint density at radius 3 is 2.70 bits per heavy atom. The highest BCUT2D eigenvalue weighted by atomic mass is 15.2. The fourth-order valence-electron chi connectivity index (χ4n) is 2.17. The fraction of sp³-hybridized carbons (Fsp3) is 0.533. The molecule has 20 heavy (non-hydrogen) atoms. The van der Waals surface area contributed by atoms with Gasteiger partial charge < -0.3 is 5.32 Å². The largest absolute Gasteiger partial charge is 0.309 e. The molecule has 2 aromatic rings. The number of nitrogens with zero attached hydrogens (tertiary/aromatic N) is 4. The van der Waals surface area contributed by atoms with Crippen LogP contribution in [0, 0.1) is 6.92 Å². The molecule has 0 radical (unpaired) electrons. The van der Waals surface area contributed by atoms with Crippen molar-refractivity contribution in [3.05, 3.63) is 41.7 Å². The summed E-state index contributed by atoms with van der Waals surface area (Å²) in [5, 5.41) is 7.76. The predicted molar refractivity (Wildman–Crippen MR) is 79.3 cm³/mol. The van der Waals surface area contributed by atoms with E-state index >= 15 is 0 Å². The maximum Gasteiger partial charge on any atom is 0.0756 e. The molecule has 1 atom stereocenters. The second kappa shape index (κ2) is 7.14. The standard InChI is InChI=1S/C15H23N5/c1-4-7-16-14(15-10-17-12(2)8-18-15)6-5-13-9-19-20(3)11-13/h8-11,14,16H,4-7H2,1-3H3. The molecule has 0 fully saturated rings. The average molecular weight is 273 g/mol. The van der Waals surface area contributed by atoms with Gasteiger partial charge in [-0.3, -0.25) is 14.6 Å². The van der Waals surface area contributed by atoms with Crippen LogP contribution in [0.4, 0.5) is 0 Å². The van der Waals surface area contributed by atoms with E-state index in [-0.39, 0.29) is 6.04 Å². The molecule has 0 amide bonds. The number of aromatic nitrogens is 4. The van der Waals surface area contributed by atoms with E-state index in [0.717, 1.165) is 37.2 Å². The normalized spacial score (nSPS) is 12.6. The van der Waals surface area contributed by atoms with E-state index in [0.29, 0.717) is 0 Å². The van der Waals surface area contributed by atoms with Gasteiger partial charge in [-0.25, -0.2) is 0 Å². The molecule has 0 saturated carbocycles. The number of hydrogen-bond acceptors (Lipinski definition) is 4. The molecule has 0 saturated heterocycles. The molecule has 2 rings (SSSR count). The van der Waals surface area contributed by atoms with Crippen LogP contribution >= 0.6 is 0 Å². The van der Waals surface area contributed by atoms with Crippen LogP contribution in [0.25, 0.3) is 0 Å². The third-order valence-electron chi connectivity index (χ3n) is 3.28. The minimum Gasteiger partial charge on any atom is -0.309 e. The maximum absolute atomic E-state index is 4.50. The Balaban J connectivity index is 2.01. The van der Waals surface area contributed by atoms with Gasteiger partial charge in [0.1, 0.15) is 0 Å². The van der Waals surface area contributed by atoms with Gasteiger partial charge in [-0.1, -0.05) is 6.92 Å². The minimum atomic E-state index is 0.253. The van der Waals surface area contributed by atoms with Crippen molar-refractivity contribution in [3.63, 3.8) is 0 Å². The van der Waals surface area contributed by atoms with Crippen molar-refractivity contribution in [1.29, 1.82) is 0 Å². The monoisotopic (exact) mass is 273 g/mol. The van der Waals surface area contributed by atoms with Crippen LogP contribution in [0.3, 0.4) is 0 Å². The lowest BCUT2D eigenvalue weighted by molar-refractivity contribution is 0.487. The second-order valence-corrected chi connectivity index (χ2v) is 5.15. The highest BCUT2D eigenvalue weighted by molar-refractivity contribution is 5.09. The summed E-state index contributed by atoms with van der Waals surface area (Å²) < 4.78 is 1.84. The molecule has 0 aliphatic rings. The van der Waals surface area contributed by atoms with E-state index in [2.05, 4.69) is 33.5 Å². The summed E-state index contributed by atoms with van der Waals surface area (Å²) in [6.07, 6.45) is 10.8. The zero-order valence-electron chi connectivity index (χ0n) is 12.5. The Labute approximate surface area is 120 Å². The zero-order valence-corrected chi connectivity index (χ0v) is 12.5. The number of aryl methyl sites for hydroxylation is 3. The van der Waals surface area contributed by atoms with Crippen LogP contribution < -0.4 is 5.32 Å². The Bertz CT molecular complexity index is 517. The molecule has 2 heterocycles. The quantitative estimate of drug-likeness (QED) is 0.840. The Morgan fingerprint density at radius 2 is 2.10 bits per heavy atom. The molecule has 0 bridgehead atoms. The van der Waals surface area contributed by atoms with Gasteiger partial charge >= 0.3 is 0 Å². The van der Waals surface area contributed by atoms with Crippen LogP contribution in [0.2, 0.25) is 0 Å². The van der Waals surface area contributed by atoms with E-state index in [1.807, 2.05) is 37.2 Å². The van der Waals surface area contributed by atoms with E-state index in [9.17, 15) is 0 Å². The molecular weight excluding hydrogens is 250 g/mol. The topological polar surface area (TPSA) is 55.6 Å². The van der Waals surface area contributed by atoms with Crippen molar-refractivity contribution >= 4 is 0 Å². The molecule has 5 heteroatoms. The lowest BCUT2D eigenvalue weighted by Crippen LogP contribution is -2.23. The smallest absolute Gasteiger partial charge is 0.0756 e. The SMILES string of the molecule is CCCNC(CCc1cnn(C)c1)c1cnc(C)cn1. The molecule has 1 N–H and O–H groups in total. The van der Waals surface area contributed by atoms with E-state index in [1.165, 1.54) is 5.56 Å². The van der Waals surface area contributed by atoms with Gasteiger partial charge in [-0.05, 0) is 38.3 Å². The molecule has 0 aliphatic heterocycles. The first-order valence-corrected chi connectivity index (χ1v) is 7.18. The van der Waals surface area contributed by atoms with E-state index in [4.69, 9.17) is 0 Å². The molecule has 0 aliphatic carbocycles. The second-order valence-electron chi connectivity index (χ2n) is 5.15. The molecule has 0 aromatic carbocycles. The Hall–Kier alpha value is -1.75. The van der Waals surface area contributed by atoms with Gasteiger partial charge in [0.25, 0.3) is 0 Å². The van der Waals surface area contributed by atoms with Gasteiger partial charge in [0.05, 0.1) is 29.8 Å². The van der Waals surface area contributed by atoms with Crippen LogP contribution in [0.15, 0.2) is 24.8 Å². The Kier molecular flexibility index (Phi) is 5.24. The first kappa shape index (κ1) is 14.7. The summed E-state index contributed by atoms with van der Waals surface area (Å²) in [5.41, 5.74) is 3.24. The lowest BCUT2D eigenvalue weighted by atomic mass is 10.1. The molecule has 108 valence electrons. The summed E-state index contributed by atoms with van der Waals surface area (Å²) in [6, 6.07) is 0.253. The molecule has 5 nitrogen and oxygen atoms in total. The van der Waals surface area contributed by atoms with E-state index in [1.54, 1.807) is 0 Å². The van der Waals surface area contributed by atoms with Crippen molar-refractivity contribution < 1.29 is 0 Å². The minimum absolute atomic E-state index is 0.253. The van der Waals surface area contributed by atoms with Crippen LogP contribution in [0.1, 0.15) is 42.8 Å². The van der Waals surface area contributed by atoms with Crippen molar-refractivity contribution in [2.75, 3.05) is 6.54 Å². The van der Waals surface area contributed by atoms with Gasteiger partial charge in [0, 0.05) is 19.4 Å². The van der Waals surface area contributed by atoms with Crippen molar-refractivity contribution in [2.45, 2.75) is 39.2 Å². The molecule has 1 unspecified atom stereocenters. The number of hydrogen-bond donors (Lipinski definition) is 1. The van der Waals surface area contributed by atoms with Crippen molar-refractivity contribution in [3.8, 4) is 0 Å². The average Bonchev–Trinajstić information content (AvgIpc) is 2.86. The van der Waals surface area contributed by atoms with Crippen LogP contribution in [-0.4, -0.2) is 26.3 Å². The Morgan fingerprint density at radius 1 is 1.25 bits per heavy atom. The summed E-state index contributed by atoms with van der Waals surface area (Å²) in [6.45, 7) is 5.13. The zero-order chi connectivity index (χ0) is 14.4. The third kappa shape index (κ3) is 4.13. The van der Waals surface area contributed by atoms with Crippen LogP contribution in [0.5, 0.6) is 0 Å². The molecule has 0 spiro atoms. The van der Waals surface area contributed by atoms with Gasteiger partial charge in [-0.15, -0.1) is 0 Å². The van der Waals surface area contributed by atoms with E-state index < -0.39 is 0 Å². The molecule has 2 aromatic heterocycles.